The van der Waals surface area contributed by atoms with Crippen LogP contribution in [0.2, 0.25) is 0 Å². The van der Waals surface area contributed by atoms with Crippen LogP contribution >= 0.6 is 0 Å². The molecule has 9 heteroatoms. The van der Waals surface area contributed by atoms with Crippen LogP contribution in [0.3, 0.4) is 0 Å². The second-order valence-corrected chi connectivity index (χ2v) is 10.5. The van der Waals surface area contributed by atoms with Crippen molar-refractivity contribution in [3.63, 3.8) is 0 Å². The fraction of sp³-hybridized carbons (Fsp3) is 0.448. The third kappa shape index (κ3) is 6.86. The number of rotatable bonds is 10. The van der Waals surface area contributed by atoms with Crippen molar-refractivity contribution in [2.75, 3.05) is 6.54 Å². The predicted molar refractivity (Wildman–Crippen MR) is 148 cm³/mol. The van der Waals surface area contributed by atoms with E-state index in [1.165, 1.54) is 0 Å². The van der Waals surface area contributed by atoms with Gasteiger partial charge in [0.2, 0.25) is 5.91 Å². The molecule has 1 fully saturated rings. The molecule has 0 radical (unpaired) electrons. The van der Waals surface area contributed by atoms with Gasteiger partial charge in [0.05, 0.1) is 0 Å². The highest BCUT2D eigenvalue weighted by molar-refractivity contribution is 5.91. The maximum Gasteiger partial charge on any atom is 0.408 e. The molecule has 1 aliphatic rings. The first kappa shape index (κ1) is 27.1. The number of hydrogen-bond donors (Lipinski definition) is 3. The number of carbonyl (C=O) groups excluding carboxylic acids is 2. The molecule has 1 aliphatic carbocycles. The molecule has 9 nitrogen and oxygen atoms in total. The van der Waals surface area contributed by atoms with Gasteiger partial charge in [-0.25, -0.2) is 4.79 Å². The van der Waals surface area contributed by atoms with Crippen molar-refractivity contribution in [3.8, 4) is 0 Å². The molecule has 4 rings (SSSR count). The Balaban J connectivity index is 1.57. The Bertz CT molecular complexity index is 1290. The lowest BCUT2D eigenvalue weighted by atomic mass is 9.88. The predicted octanol–water partition coefficient (Wildman–Crippen LogP) is 5.81. The van der Waals surface area contributed by atoms with Gasteiger partial charge in [0.15, 0.2) is 0 Å². The van der Waals surface area contributed by atoms with Gasteiger partial charge >= 0.3 is 6.09 Å². The molecule has 1 aromatic heterocycles. The van der Waals surface area contributed by atoms with Gasteiger partial charge in [0, 0.05) is 41.0 Å². The van der Waals surface area contributed by atoms with Crippen molar-refractivity contribution in [2.24, 2.45) is 11.0 Å². The Morgan fingerprint density at radius 3 is 2.66 bits per heavy atom. The van der Waals surface area contributed by atoms with Crippen molar-refractivity contribution in [3.05, 3.63) is 82.4 Å². The van der Waals surface area contributed by atoms with E-state index in [1.54, 1.807) is 6.92 Å². The maximum atomic E-state index is 13.9. The van der Waals surface area contributed by atoms with Crippen molar-refractivity contribution < 1.29 is 14.3 Å². The molecule has 3 aromatic rings. The number of nitrogens with zero attached hydrogens (tertiary/aromatic N) is 3. The standard InChI is InChI=1S/C29H36N6O3/c1-20-10-6-9-15-26(20)38-28(37)34-29(2,17-22-18-31-25-14-8-7-13-24(22)25)27(36)33-23(19-32-35-30)16-21-11-4-3-5-12-21/h3-5,7-8,11-14,18,20,23,26,31H,6,9-10,15-17,19H2,1-2H3,(H,33,36)(H,34,37)/t20-,23-,26-,29+/m0/s1. The van der Waals surface area contributed by atoms with E-state index in [4.69, 9.17) is 10.3 Å². The number of nitrogens with one attached hydrogen (secondary N) is 3. The lowest BCUT2D eigenvalue weighted by Gasteiger charge is -2.33. The lowest BCUT2D eigenvalue weighted by Crippen LogP contribution is -2.60. The Morgan fingerprint density at radius 2 is 1.89 bits per heavy atom. The number of hydrogen-bond acceptors (Lipinski definition) is 4. The number of ether oxygens (including phenoxy) is 1. The maximum absolute atomic E-state index is 13.9. The molecule has 0 aliphatic heterocycles. The molecule has 2 aromatic carbocycles. The number of azide groups is 1. The summed E-state index contributed by atoms with van der Waals surface area (Å²) >= 11 is 0. The molecule has 38 heavy (non-hydrogen) atoms. The zero-order valence-corrected chi connectivity index (χ0v) is 22.0. The van der Waals surface area contributed by atoms with Crippen molar-refractivity contribution >= 4 is 22.9 Å². The first-order valence-electron chi connectivity index (χ1n) is 13.3. The fourth-order valence-corrected chi connectivity index (χ4v) is 5.23. The third-order valence-corrected chi connectivity index (χ3v) is 7.41. The number of aromatic amines is 1. The van der Waals surface area contributed by atoms with Gasteiger partial charge < -0.3 is 20.4 Å². The van der Waals surface area contributed by atoms with Crippen molar-refractivity contribution in [1.82, 2.24) is 15.6 Å². The molecular weight excluding hydrogens is 480 g/mol. The Kier molecular flexibility index (Phi) is 8.92. The summed E-state index contributed by atoms with van der Waals surface area (Å²) in [6, 6.07) is 17.1. The summed E-state index contributed by atoms with van der Waals surface area (Å²) in [6.45, 7) is 3.89. The molecule has 3 N–H and O–H groups in total. The molecule has 1 heterocycles. The van der Waals surface area contributed by atoms with E-state index in [0.717, 1.165) is 47.7 Å². The molecule has 0 bridgehead atoms. The third-order valence-electron chi connectivity index (χ3n) is 7.41. The van der Waals surface area contributed by atoms with E-state index in [0.29, 0.717) is 6.42 Å². The summed E-state index contributed by atoms with van der Waals surface area (Å²) in [6.07, 6.45) is 5.84. The monoisotopic (exact) mass is 516 g/mol. The highest BCUT2D eigenvalue weighted by atomic mass is 16.6. The minimum absolute atomic E-state index is 0.0876. The van der Waals surface area contributed by atoms with E-state index in [1.807, 2.05) is 60.8 Å². The van der Waals surface area contributed by atoms with Gasteiger partial charge in [-0.1, -0.05) is 67.0 Å². The van der Waals surface area contributed by atoms with Crippen LogP contribution in [0.5, 0.6) is 0 Å². The number of aromatic nitrogens is 1. The summed E-state index contributed by atoms with van der Waals surface area (Å²) < 4.78 is 5.82. The Labute approximate surface area is 223 Å². The van der Waals surface area contributed by atoms with Crippen molar-refractivity contribution in [2.45, 2.75) is 70.1 Å². The lowest BCUT2D eigenvalue weighted by molar-refractivity contribution is -0.127. The first-order chi connectivity index (χ1) is 18.4. The van der Waals surface area contributed by atoms with Crippen LogP contribution in [-0.2, 0) is 22.4 Å². The van der Waals surface area contributed by atoms with Crippen LogP contribution < -0.4 is 10.6 Å². The average molecular weight is 517 g/mol. The van der Waals surface area contributed by atoms with Gasteiger partial charge in [-0.2, -0.15) is 0 Å². The smallest absolute Gasteiger partial charge is 0.408 e. The van der Waals surface area contributed by atoms with Gasteiger partial charge in [0.25, 0.3) is 0 Å². The van der Waals surface area contributed by atoms with Crippen LogP contribution in [0.1, 0.15) is 50.7 Å². The molecule has 4 atom stereocenters. The molecule has 2 amide bonds. The Hall–Kier alpha value is -3.97. The molecule has 200 valence electrons. The highest BCUT2D eigenvalue weighted by Gasteiger charge is 2.38. The second-order valence-electron chi connectivity index (χ2n) is 10.5. The zero-order chi connectivity index (χ0) is 27.0. The van der Waals surface area contributed by atoms with E-state index in [2.05, 4.69) is 32.6 Å². The first-order valence-corrected chi connectivity index (χ1v) is 13.3. The largest absolute Gasteiger partial charge is 0.446 e. The van der Waals surface area contributed by atoms with Crippen molar-refractivity contribution in [1.29, 1.82) is 0 Å². The molecule has 0 saturated heterocycles. The van der Waals surface area contributed by atoms with Crippen LogP contribution in [0, 0.1) is 5.92 Å². The van der Waals surface area contributed by atoms with E-state index in [9.17, 15) is 9.59 Å². The SMILES string of the molecule is C[C@H]1CCCC[C@@H]1OC(=O)N[C@](C)(Cc1c[nH]c2ccccc12)C(=O)N[C@H](CN=[N+]=[N-])Cc1ccccc1. The summed E-state index contributed by atoms with van der Waals surface area (Å²) in [5, 5.41) is 10.6. The van der Waals surface area contributed by atoms with Crippen LogP contribution in [0.15, 0.2) is 65.9 Å². The number of alkyl carbamates (subject to hydrolysis) is 1. The summed E-state index contributed by atoms with van der Waals surface area (Å²) in [5.41, 5.74) is 10.5. The normalized spacial score (nSPS) is 19.5. The quantitative estimate of drug-likeness (QED) is 0.178. The van der Waals surface area contributed by atoms with Gasteiger partial charge in [-0.05, 0) is 61.2 Å². The number of carbonyl (C=O) groups is 2. The molecule has 0 unspecified atom stereocenters. The summed E-state index contributed by atoms with van der Waals surface area (Å²) in [5.74, 6) is -0.0900. The van der Waals surface area contributed by atoms with Crippen LogP contribution in [-0.4, -0.2) is 41.2 Å². The topological polar surface area (TPSA) is 132 Å². The highest BCUT2D eigenvalue weighted by Crippen LogP contribution is 2.27. The zero-order valence-electron chi connectivity index (χ0n) is 22.0. The average Bonchev–Trinajstić information content (AvgIpc) is 3.31. The van der Waals surface area contributed by atoms with E-state index < -0.39 is 17.7 Å². The van der Waals surface area contributed by atoms with Gasteiger partial charge in [-0.3, -0.25) is 4.79 Å². The Morgan fingerprint density at radius 1 is 1.16 bits per heavy atom. The van der Waals surface area contributed by atoms with Crippen LogP contribution in [0.4, 0.5) is 4.79 Å². The van der Waals surface area contributed by atoms with E-state index >= 15 is 0 Å². The van der Waals surface area contributed by atoms with Gasteiger partial charge in [0.1, 0.15) is 11.6 Å². The van der Waals surface area contributed by atoms with Gasteiger partial charge in [-0.15, -0.1) is 0 Å². The minimum atomic E-state index is -1.31. The number of H-pyrrole nitrogens is 1. The number of fused-ring (bicyclic) bond motifs is 1. The van der Waals surface area contributed by atoms with Crippen LogP contribution in [0.25, 0.3) is 21.3 Å². The fourth-order valence-electron chi connectivity index (χ4n) is 5.23. The second kappa shape index (κ2) is 12.5. The van der Waals surface area contributed by atoms with E-state index in [-0.39, 0.29) is 30.9 Å². The minimum Gasteiger partial charge on any atom is -0.446 e. The summed E-state index contributed by atoms with van der Waals surface area (Å²) in [4.78, 5) is 33.1. The molecule has 1 saturated carbocycles. The molecular formula is C29H36N6O3. The number of para-hydroxylation sites is 1. The summed E-state index contributed by atoms with van der Waals surface area (Å²) in [7, 11) is 0. The number of benzene rings is 2. The number of amides is 2. The molecule has 0 spiro atoms.